The van der Waals surface area contributed by atoms with Gasteiger partial charge in [-0.05, 0) is 51.8 Å². The Kier molecular flexibility index (Phi) is 6.74. The summed E-state index contributed by atoms with van der Waals surface area (Å²) in [7, 11) is 1.48. The molecule has 8 heteroatoms. The van der Waals surface area contributed by atoms with E-state index in [1.807, 2.05) is 0 Å². The van der Waals surface area contributed by atoms with E-state index in [0.29, 0.717) is 37.3 Å². The van der Waals surface area contributed by atoms with Crippen molar-refractivity contribution in [2.75, 3.05) is 19.0 Å². The molecule has 0 aliphatic rings. The van der Waals surface area contributed by atoms with Crippen LogP contribution < -0.4 is 14.8 Å². The fourth-order valence-corrected chi connectivity index (χ4v) is 2.82. The molecule has 0 aliphatic heterocycles. The number of carbonyl (C=O) groups is 1. The fourth-order valence-electron chi connectivity index (χ4n) is 1.91. The van der Waals surface area contributed by atoms with Crippen LogP contribution in [0.25, 0.3) is 0 Å². The molecule has 0 aliphatic carbocycles. The molecule has 0 fully saturated rings. The first-order chi connectivity index (χ1) is 11.4. The molecule has 0 unspecified atom stereocenters. The van der Waals surface area contributed by atoms with Crippen molar-refractivity contribution in [2.45, 2.75) is 6.61 Å². The van der Waals surface area contributed by atoms with Crippen molar-refractivity contribution in [3.63, 3.8) is 0 Å². The zero-order chi connectivity index (χ0) is 17.7. The van der Waals surface area contributed by atoms with Gasteiger partial charge in [0.1, 0.15) is 0 Å². The lowest BCUT2D eigenvalue weighted by Crippen LogP contribution is -2.20. The van der Waals surface area contributed by atoms with Crippen molar-refractivity contribution in [1.29, 1.82) is 0 Å². The number of aliphatic hydroxyl groups excluding tert-OH is 1. The number of methoxy groups -OCH3 is 1. The van der Waals surface area contributed by atoms with Crippen molar-refractivity contribution in [3.05, 3.63) is 50.4 Å². The zero-order valence-corrected chi connectivity index (χ0v) is 15.7. The Hall–Kier alpha value is -1.47. The molecule has 2 aromatic carbocycles. The van der Waals surface area contributed by atoms with Gasteiger partial charge in [-0.15, -0.1) is 0 Å². The summed E-state index contributed by atoms with van der Waals surface area (Å²) in [5.74, 6) is 0.420. The van der Waals surface area contributed by atoms with Crippen LogP contribution in [-0.4, -0.2) is 24.7 Å². The maximum Gasteiger partial charge on any atom is 0.262 e. The summed E-state index contributed by atoms with van der Waals surface area (Å²) in [5.41, 5.74) is 1.17. The van der Waals surface area contributed by atoms with Crippen LogP contribution in [0.4, 0.5) is 5.69 Å². The van der Waals surface area contributed by atoms with Crippen molar-refractivity contribution < 1.29 is 19.4 Å². The average molecular weight is 435 g/mol. The predicted octanol–water partition coefficient (Wildman–Crippen LogP) is 4.27. The first-order valence-electron chi connectivity index (χ1n) is 6.79. The standard InChI is InChI=1S/C16H14BrCl2NO4/c1-23-14-5-9(7-21)4-11(17)16(14)24-8-15(22)20-10-2-3-12(18)13(19)6-10/h2-6,21H,7-8H2,1H3,(H,20,22). The van der Waals surface area contributed by atoms with E-state index < -0.39 is 0 Å². The van der Waals surface area contributed by atoms with E-state index in [0.717, 1.165) is 0 Å². The highest BCUT2D eigenvalue weighted by molar-refractivity contribution is 9.10. The molecule has 0 atom stereocenters. The third-order valence-electron chi connectivity index (χ3n) is 3.02. The van der Waals surface area contributed by atoms with Crippen LogP contribution in [0.1, 0.15) is 5.56 Å². The van der Waals surface area contributed by atoms with Crippen molar-refractivity contribution in [1.82, 2.24) is 0 Å². The second kappa shape index (κ2) is 8.58. The van der Waals surface area contributed by atoms with Gasteiger partial charge in [-0.1, -0.05) is 23.2 Å². The van der Waals surface area contributed by atoms with E-state index in [1.54, 1.807) is 30.3 Å². The molecule has 0 spiro atoms. The lowest BCUT2D eigenvalue weighted by atomic mass is 10.2. The van der Waals surface area contributed by atoms with Crippen LogP contribution >= 0.6 is 39.1 Å². The third-order valence-corrected chi connectivity index (χ3v) is 4.35. The number of aliphatic hydroxyl groups is 1. The SMILES string of the molecule is COc1cc(CO)cc(Br)c1OCC(=O)Nc1ccc(Cl)c(Cl)c1. The summed E-state index contributed by atoms with van der Waals surface area (Å²) >= 11 is 15.1. The largest absolute Gasteiger partial charge is 0.493 e. The summed E-state index contributed by atoms with van der Waals surface area (Å²) in [6, 6.07) is 8.10. The van der Waals surface area contributed by atoms with Gasteiger partial charge in [-0.2, -0.15) is 0 Å². The topological polar surface area (TPSA) is 67.8 Å². The molecule has 0 aromatic heterocycles. The van der Waals surface area contributed by atoms with E-state index >= 15 is 0 Å². The van der Waals surface area contributed by atoms with Crippen LogP contribution in [0.5, 0.6) is 11.5 Å². The molecular weight excluding hydrogens is 421 g/mol. The number of carbonyl (C=O) groups excluding carboxylic acids is 1. The molecular formula is C16H14BrCl2NO4. The number of ether oxygens (including phenoxy) is 2. The lowest BCUT2D eigenvalue weighted by molar-refractivity contribution is -0.118. The highest BCUT2D eigenvalue weighted by Crippen LogP contribution is 2.36. The zero-order valence-electron chi connectivity index (χ0n) is 12.6. The monoisotopic (exact) mass is 433 g/mol. The molecule has 128 valence electrons. The Morgan fingerprint density at radius 1 is 1.25 bits per heavy atom. The Morgan fingerprint density at radius 3 is 2.62 bits per heavy atom. The first-order valence-corrected chi connectivity index (χ1v) is 8.34. The quantitative estimate of drug-likeness (QED) is 0.712. The number of halogens is 3. The second-order valence-corrected chi connectivity index (χ2v) is 6.40. The summed E-state index contributed by atoms with van der Waals surface area (Å²) in [6.07, 6.45) is 0. The first kappa shape index (κ1) is 18.9. The molecule has 0 saturated heterocycles. The maximum atomic E-state index is 12.0. The summed E-state index contributed by atoms with van der Waals surface area (Å²) in [5, 5.41) is 12.6. The van der Waals surface area contributed by atoms with E-state index in [9.17, 15) is 9.90 Å². The summed E-state index contributed by atoms with van der Waals surface area (Å²) < 4.78 is 11.3. The van der Waals surface area contributed by atoms with Gasteiger partial charge in [0.15, 0.2) is 18.1 Å². The Labute approximate surface area is 157 Å². The van der Waals surface area contributed by atoms with Gasteiger partial charge in [0, 0.05) is 5.69 Å². The van der Waals surface area contributed by atoms with Gasteiger partial charge in [0.25, 0.3) is 5.91 Å². The van der Waals surface area contributed by atoms with Gasteiger partial charge in [-0.3, -0.25) is 4.79 Å². The van der Waals surface area contributed by atoms with Gasteiger partial charge >= 0.3 is 0 Å². The van der Waals surface area contributed by atoms with Crippen LogP contribution in [0.2, 0.25) is 10.0 Å². The highest BCUT2D eigenvalue weighted by atomic mass is 79.9. The lowest BCUT2D eigenvalue weighted by Gasteiger charge is -2.14. The summed E-state index contributed by atoms with van der Waals surface area (Å²) in [4.78, 5) is 12.0. The van der Waals surface area contributed by atoms with E-state index in [4.69, 9.17) is 32.7 Å². The van der Waals surface area contributed by atoms with Crippen LogP contribution in [-0.2, 0) is 11.4 Å². The normalized spacial score (nSPS) is 10.4. The minimum atomic E-state index is -0.367. The van der Waals surface area contributed by atoms with Crippen LogP contribution in [0, 0.1) is 0 Å². The van der Waals surface area contributed by atoms with Crippen molar-refractivity contribution in [2.24, 2.45) is 0 Å². The van der Waals surface area contributed by atoms with Gasteiger partial charge < -0.3 is 19.9 Å². The molecule has 0 heterocycles. The molecule has 5 nitrogen and oxygen atoms in total. The number of hydrogen-bond donors (Lipinski definition) is 2. The Bertz CT molecular complexity index is 755. The number of benzene rings is 2. The molecule has 24 heavy (non-hydrogen) atoms. The average Bonchev–Trinajstić information content (AvgIpc) is 2.56. The number of rotatable bonds is 6. The number of anilines is 1. The van der Waals surface area contributed by atoms with E-state index in [2.05, 4.69) is 21.2 Å². The minimum absolute atomic E-state index is 0.132. The molecule has 0 radical (unpaired) electrons. The van der Waals surface area contributed by atoms with Crippen LogP contribution in [0.3, 0.4) is 0 Å². The highest BCUT2D eigenvalue weighted by Gasteiger charge is 2.13. The molecule has 2 rings (SSSR count). The van der Waals surface area contributed by atoms with E-state index in [1.165, 1.54) is 7.11 Å². The number of nitrogens with one attached hydrogen (secondary N) is 1. The number of amides is 1. The fraction of sp³-hybridized carbons (Fsp3) is 0.188. The van der Waals surface area contributed by atoms with E-state index in [-0.39, 0.29) is 19.1 Å². The number of hydrogen-bond acceptors (Lipinski definition) is 4. The molecule has 0 bridgehead atoms. The van der Waals surface area contributed by atoms with Gasteiger partial charge in [0.2, 0.25) is 0 Å². The van der Waals surface area contributed by atoms with Crippen LogP contribution in [0.15, 0.2) is 34.8 Å². The Morgan fingerprint density at radius 2 is 2.00 bits per heavy atom. The second-order valence-electron chi connectivity index (χ2n) is 4.73. The van der Waals surface area contributed by atoms with Gasteiger partial charge in [0.05, 0.1) is 28.2 Å². The van der Waals surface area contributed by atoms with Crippen molar-refractivity contribution >= 4 is 50.7 Å². The van der Waals surface area contributed by atoms with Gasteiger partial charge in [-0.25, -0.2) is 0 Å². The smallest absolute Gasteiger partial charge is 0.262 e. The minimum Gasteiger partial charge on any atom is -0.493 e. The molecule has 2 aromatic rings. The Balaban J connectivity index is 2.04. The maximum absolute atomic E-state index is 12.0. The van der Waals surface area contributed by atoms with Crippen molar-refractivity contribution in [3.8, 4) is 11.5 Å². The summed E-state index contributed by atoms with van der Waals surface area (Å²) in [6.45, 7) is -0.360. The third kappa shape index (κ3) is 4.77. The molecule has 2 N–H and O–H groups in total. The molecule has 1 amide bonds. The predicted molar refractivity (Wildman–Crippen MR) is 97.2 cm³/mol. The molecule has 0 saturated carbocycles.